The largest absolute Gasteiger partial charge is 0.497 e. The van der Waals surface area contributed by atoms with Gasteiger partial charge in [-0.2, -0.15) is 0 Å². The first-order valence-corrected chi connectivity index (χ1v) is 9.20. The maximum absolute atomic E-state index is 13.5. The van der Waals surface area contributed by atoms with Gasteiger partial charge in [0.05, 0.1) is 19.3 Å². The van der Waals surface area contributed by atoms with Crippen molar-refractivity contribution in [3.05, 3.63) is 83.9 Å². The number of methoxy groups -OCH3 is 1. The molecule has 1 atom stereocenters. The average molecular weight is 388 g/mol. The van der Waals surface area contributed by atoms with E-state index in [2.05, 4.69) is 5.32 Å². The Balaban J connectivity index is 1.84. The van der Waals surface area contributed by atoms with E-state index in [1.165, 1.54) is 0 Å². The molecule has 29 heavy (non-hydrogen) atoms. The number of rotatable bonds is 4. The van der Waals surface area contributed by atoms with Crippen LogP contribution in [0.15, 0.2) is 72.8 Å². The highest BCUT2D eigenvalue weighted by Crippen LogP contribution is 2.40. The molecule has 0 saturated carbocycles. The zero-order valence-corrected chi connectivity index (χ0v) is 15.8. The lowest BCUT2D eigenvalue weighted by molar-refractivity contribution is -0.120. The Morgan fingerprint density at radius 3 is 2.34 bits per heavy atom. The number of carbonyl (C=O) groups excluding carboxylic acids is 1. The summed E-state index contributed by atoms with van der Waals surface area (Å²) in [6.07, 6.45) is -1.24. The summed E-state index contributed by atoms with van der Waals surface area (Å²) < 4.78 is 5.20. The number of carbonyl (C=O) groups is 2. The van der Waals surface area contributed by atoms with E-state index in [1.807, 2.05) is 66.7 Å². The monoisotopic (exact) mass is 388 g/mol. The minimum absolute atomic E-state index is 0.311. The molecule has 6 nitrogen and oxygen atoms in total. The second-order valence-corrected chi connectivity index (χ2v) is 6.76. The summed E-state index contributed by atoms with van der Waals surface area (Å²) >= 11 is 0. The second-order valence-electron chi connectivity index (χ2n) is 6.76. The van der Waals surface area contributed by atoms with Crippen LogP contribution < -0.4 is 15.0 Å². The lowest BCUT2D eigenvalue weighted by atomic mass is 9.95. The summed E-state index contributed by atoms with van der Waals surface area (Å²) in [6, 6.07) is 21.5. The quantitative estimate of drug-likeness (QED) is 0.701. The van der Waals surface area contributed by atoms with E-state index >= 15 is 0 Å². The smallest absolute Gasteiger partial charge is 0.405 e. The Labute approximate surface area is 168 Å². The van der Waals surface area contributed by atoms with Crippen molar-refractivity contribution >= 4 is 17.7 Å². The van der Waals surface area contributed by atoms with Crippen molar-refractivity contribution in [2.24, 2.45) is 0 Å². The zero-order chi connectivity index (χ0) is 20.4. The molecule has 4 rings (SSSR count). The first-order chi connectivity index (χ1) is 14.1. The minimum Gasteiger partial charge on any atom is -0.497 e. The molecule has 0 spiro atoms. The van der Waals surface area contributed by atoms with E-state index in [0.29, 0.717) is 12.1 Å². The number of ether oxygens (including phenoxy) is 1. The average Bonchev–Trinajstić information content (AvgIpc) is 2.84. The molecule has 0 bridgehead atoms. The molecule has 0 fully saturated rings. The molecule has 1 aliphatic heterocycles. The number of fused-ring (bicyclic) bond motifs is 3. The van der Waals surface area contributed by atoms with Crippen molar-refractivity contribution in [3.8, 4) is 16.9 Å². The number of nitrogens with zero attached hydrogens (tertiary/aromatic N) is 1. The van der Waals surface area contributed by atoms with E-state index in [4.69, 9.17) is 4.74 Å². The topological polar surface area (TPSA) is 78.9 Å². The van der Waals surface area contributed by atoms with Gasteiger partial charge in [0.25, 0.3) is 5.91 Å². The summed E-state index contributed by atoms with van der Waals surface area (Å²) in [5.74, 6) is 0.412. The SMILES string of the molecule is COc1ccc(CN2C(=O)[C@@H](NC(=O)O)c3ccccc3-c3ccccc32)cc1. The molecule has 3 aromatic carbocycles. The van der Waals surface area contributed by atoms with Crippen LogP contribution >= 0.6 is 0 Å². The van der Waals surface area contributed by atoms with Crippen LogP contribution in [0, 0.1) is 0 Å². The lowest BCUT2D eigenvalue weighted by Crippen LogP contribution is -2.41. The Morgan fingerprint density at radius 1 is 1.00 bits per heavy atom. The molecule has 0 unspecified atom stereocenters. The number of hydrogen-bond acceptors (Lipinski definition) is 3. The van der Waals surface area contributed by atoms with E-state index in [-0.39, 0.29) is 5.91 Å². The van der Waals surface area contributed by atoms with Crippen molar-refractivity contribution in [2.45, 2.75) is 12.6 Å². The summed E-state index contributed by atoms with van der Waals surface area (Å²) in [5.41, 5.74) is 4.03. The summed E-state index contributed by atoms with van der Waals surface area (Å²) in [6.45, 7) is 0.311. The van der Waals surface area contributed by atoms with E-state index < -0.39 is 12.1 Å². The Bertz CT molecular complexity index is 1060. The zero-order valence-electron chi connectivity index (χ0n) is 15.8. The van der Waals surface area contributed by atoms with Crippen molar-refractivity contribution in [1.29, 1.82) is 0 Å². The maximum atomic E-state index is 13.5. The first-order valence-electron chi connectivity index (χ1n) is 9.20. The lowest BCUT2D eigenvalue weighted by Gasteiger charge is -2.26. The number of amides is 2. The van der Waals surface area contributed by atoms with Crippen LogP contribution in [0.5, 0.6) is 5.75 Å². The molecule has 0 aromatic heterocycles. The van der Waals surface area contributed by atoms with Gasteiger partial charge in [-0.15, -0.1) is 0 Å². The van der Waals surface area contributed by atoms with Crippen LogP contribution in [0.4, 0.5) is 10.5 Å². The molecule has 3 aromatic rings. The Hall–Kier alpha value is -3.80. The van der Waals surface area contributed by atoms with Crippen LogP contribution in [0.25, 0.3) is 11.1 Å². The third-order valence-electron chi connectivity index (χ3n) is 5.04. The number of para-hydroxylation sites is 1. The highest BCUT2D eigenvalue weighted by atomic mass is 16.5. The number of carboxylic acid groups (broad SMARTS) is 1. The minimum atomic E-state index is -1.24. The van der Waals surface area contributed by atoms with Gasteiger partial charge < -0.3 is 20.1 Å². The molecule has 146 valence electrons. The van der Waals surface area contributed by atoms with Gasteiger partial charge in [-0.1, -0.05) is 54.6 Å². The highest BCUT2D eigenvalue weighted by Gasteiger charge is 2.34. The van der Waals surface area contributed by atoms with Gasteiger partial charge in [-0.05, 0) is 34.9 Å². The summed E-state index contributed by atoms with van der Waals surface area (Å²) in [7, 11) is 1.60. The predicted molar refractivity (Wildman–Crippen MR) is 110 cm³/mol. The van der Waals surface area contributed by atoms with Crippen LogP contribution in [0.3, 0.4) is 0 Å². The maximum Gasteiger partial charge on any atom is 0.405 e. The van der Waals surface area contributed by atoms with Gasteiger partial charge in [0, 0.05) is 5.56 Å². The van der Waals surface area contributed by atoms with Gasteiger partial charge in [-0.25, -0.2) is 4.79 Å². The van der Waals surface area contributed by atoms with Gasteiger partial charge >= 0.3 is 6.09 Å². The number of anilines is 1. The van der Waals surface area contributed by atoms with Crippen molar-refractivity contribution in [3.63, 3.8) is 0 Å². The predicted octanol–water partition coefficient (Wildman–Crippen LogP) is 4.22. The number of benzene rings is 3. The molecule has 0 radical (unpaired) electrons. The van der Waals surface area contributed by atoms with E-state index in [9.17, 15) is 14.7 Å². The Kier molecular flexibility index (Phi) is 4.91. The Morgan fingerprint density at radius 2 is 1.66 bits per heavy atom. The van der Waals surface area contributed by atoms with Crippen molar-refractivity contribution in [2.75, 3.05) is 12.0 Å². The highest BCUT2D eigenvalue weighted by molar-refractivity contribution is 6.05. The molecule has 0 saturated heterocycles. The second kappa shape index (κ2) is 7.67. The molecular weight excluding hydrogens is 368 g/mol. The molecule has 0 aliphatic carbocycles. The van der Waals surface area contributed by atoms with Gasteiger partial charge in [0.1, 0.15) is 11.8 Å². The van der Waals surface area contributed by atoms with E-state index in [1.54, 1.807) is 18.1 Å². The normalized spacial score (nSPS) is 15.1. The molecular formula is C23H20N2O4. The number of hydrogen-bond donors (Lipinski definition) is 2. The van der Waals surface area contributed by atoms with Crippen LogP contribution in [-0.2, 0) is 11.3 Å². The van der Waals surface area contributed by atoms with Gasteiger partial charge in [0.15, 0.2) is 0 Å². The third-order valence-corrected chi connectivity index (χ3v) is 5.04. The van der Waals surface area contributed by atoms with Crippen molar-refractivity contribution in [1.82, 2.24) is 5.32 Å². The van der Waals surface area contributed by atoms with Crippen molar-refractivity contribution < 1.29 is 19.4 Å². The third kappa shape index (κ3) is 3.52. The molecule has 1 aliphatic rings. The van der Waals surface area contributed by atoms with Gasteiger partial charge in [0.2, 0.25) is 0 Å². The molecule has 2 amide bonds. The molecule has 2 N–H and O–H groups in total. The standard InChI is InChI=1S/C23H20N2O4/c1-29-16-12-10-15(11-13-16)14-25-20-9-5-4-7-18(20)17-6-2-3-8-19(17)21(22(25)26)24-23(27)28/h2-13,21,24H,14H2,1H3,(H,27,28)/t21-/m0/s1. The van der Waals surface area contributed by atoms with Crippen LogP contribution in [-0.4, -0.2) is 24.2 Å². The summed E-state index contributed by atoms with van der Waals surface area (Å²) in [5, 5.41) is 11.8. The first kappa shape index (κ1) is 18.6. The fourth-order valence-corrected chi connectivity index (χ4v) is 3.68. The number of nitrogens with one attached hydrogen (secondary N) is 1. The van der Waals surface area contributed by atoms with Crippen LogP contribution in [0.2, 0.25) is 0 Å². The fourth-order valence-electron chi connectivity index (χ4n) is 3.68. The molecule has 6 heteroatoms. The van der Waals surface area contributed by atoms with Crippen LogP contribution in [0.1, 0.15) is 17.2 Å². The van der Waals surface area contributed by atoms with E-state index in [0.717, 1.165) is 28.1 Å². The molecule has 1 heterocycles. The summed E-state index contributed by atoms with van der Waals surface area (Å²) in [4.78, 5) is 26.6. The fraction of sp³-hybridized carbons (Fsp3) is 0.130. The van der Waals surface area contributed by atoms with Gasteiger partial charge in [-0.3, -0.25) is 4.79 Å².